The zero-order valence-corrected chi connectivity index (χ0v) is 11.4. The summed E-state index contributed by atoms with van der Waals surface area (Å²) in [7, 11) is 1.56. The normalized spacial score (nSPS) is 10.3. The number of carbonyl (C=O) groups excluding carboxylic acids is 1. The van der Waals surface area contributed by atoms with E-state index in [1.165, 1.54) is 22.3 Å². The van der Waals surface area contributed by atoms with Crippen LogP contribution in [0.25, 0.3) is 0 Å². The number of nitrogens with zero attached hydrogens (tertiary/aromatic N) is 1. The molecule has 0 spiro atoms. The van der Waals surface area contributed by atoms with Crippen LogP contribution in [-0.2, 0) is 0 Å². The first-order valence-electron chi connectivity index (χ1n) is 4.85. The number of hydrogen-bond donors (Lipinski definition) is 0. The van der Waals surface area contributed by atoms with Gasteiger partial charge in [0.1, 0.15) is 5.82 Å². The predicted molar refractivity (Wildman–Crippen MR) is 71.2 cm³/mol. The molecule has 2 rings (SSSR count). The van der Waals surface area contributed by atoms with Crippen LogP contribution in [0.15, 0.2) is 39.5 Å². The number of thiophene rings is 1. The second-order valence-electron chi connectivity index (χ2n) is 3.47. The van der Waals surface area contributed by atoms with Gasteiger partial charge in [-0.2, -0.15) is 11.3 Å². The Morgan fingerprint density at radius 2 is 2.18 bits per heavy atom. The molecule has 1 amide bonds. The van der Waals surface area contributed by atoms with Crippen molar-refractivity contribution in [1.82, 2.24) is 0 Å². The SMILES string of the molecule is CN(C(=O)c1ccsc1)c1ccc(Br)cc1F. The van der Waals surface area contributed by atoms with Crippen molar-refractivity contribution in [2.45, 2.75) is 0 Å². The second kappa shape index (κ2) is 4.98. The Bertz CT molecular complexity index is 541. The van der Waals surface area contributed by atoms with Crippen molar-refractivity contribution < 1.29 is 9.18 Å². The first-order valence-corrected chi connectivity index (χ1v) is 6.58. The Hall–Kier alpha value is -1.20. The molecule has 1 heterocycles. The van der Waals surface area contributed by atoms with E-state index in [1.807, 2.05) is 5.38 Å². The van der Waals surface area contributed by atoms with Crippen molar-refractivity contribution in [2.75, 3.05) is 11.9 Å². The van der Waals surface area contributed by atoms with Crippen molar-refractivity contribution in [2.24, 2.45) is 0 Å². The Kier molecular flexibility index (Phi) is 3.59. The molecule has 0 radical (unpaired) electrons. The predicted octanol–water partition coefficient (Wildman–Crippen LogP) is 3.93. The van der Waals surface area contributed by atoms with Crippen LogP contribution in [-0.4, -0.2) is 13.0 Å². The van der Waals surface area contributed by atoms with Crippen LogP contribution >= 0.6 is 27.3 Å². The molecule has 0 saturated carbocycles. The molecule has 5 heteroatoms. The van der Waals surface area contributed by atoms with Gasteiger partial charge in [-0.1, -0.05) is 15.9 Å². The highest BCUT2D eigenvalue weighted by atomic mass is 79.9. The summed E-state index contributed by atoms with van der Waals surface area (Å²) in [4.78, 5) is 13.3. The van der Waals surface area contributed by atoms with Gasteiger partial charge in [0.05, 0.1) is 11.3 Å². The summed E-state index contributed by atoms with van der Waals surface area (Å²) < 4.78 is 14.3. The van der Waals surface area contributed by atoms with Gasteiger partial charge >= 0.3 is 0 Å². The lowest BCUT2D eigenvalue weighted by molar-refractivity contribution is 0.0992. The molecule has 0 unspecified atom stereocenters. The van der Waals surface area contributed by atoms with Crippen LogP contribution < -0.4 is 4.90 Å². The zero-order chi connectivity index (χ0) is 12.4. The van der Waals surface area contributed by atoms with Crippen LogP contribution in [0.5, 0.6) is 0 Å². The van der Waals surface area contributed by atoms with Crippen LogP contribution in [0.1, 0.15) is 10.4 Å². The van der Waals surface area contributed by atoms with E-state index >= 15 is 0 Å². The lowest BCUT2D eigenvalue weighted by atomic mass is 10.2. The average molecular weight is 314 g/mol. The fraction of sp³-hybridized carbons (Fsp3) is 0.0833. The fourth-order valence-corrected chi connectivity index (χ4v) is 2.41. The molecule has 0 atom stereocenters. The Morgan fingerprint density at radius 3 is 2.76 bits per heavy atom. The summed E-state index contributed by atoms with van der Waals surface area (Å²) in [5, 5.41) is 3.56. The molecule has 1 aromatic carbocycles. The molecule has 0 aliphatic heterocycles. The minimum atomic E-state index is -0.426. The van der Waals surface area contributed by atoms with E-state index in [9.17, 15) is 9.18 Å². The number of benzene rings is 1. The van der Waals surface area contributed by atoms with Gasteiger partial charge in [0.25, 0.3) is 5.91 Å². The van der Waals surface area contributed by atoms with E-state index in [2.05, 4.69) is 15.9 Å². The Morgan fingerprint density at radius 1 is 1.41 bits per heavy atom. The van der Waals surface area contributed by atoms with E-state index in [0.29, 0.717) is 10.0 Å². The summed E-state index contributed by atoms with van der Waals surface area (Å²) in [6.07, 6.45) is 0. The fourth-order valence-electron chi connectivity index (χ4n) is 1.44. The molecule has 88 valence electrons. The number of amides is 1. The lowest BCUT2D eigenvalue weighted by Gasteiger charge is -2.17. The lowest BCUT2D eigenvalue weighted by Crippen LogP contribution is -2.26. The molecule has 2 aromatic rings. The molecule has 0 fully saturated rings. The first-order chi connectivity index (χ1) is 8.09. The summed E-state index contributed by atoms with van der Waals surface area (Å²) in [5.74, 6) is -0.641. The Balaban J connectivity index is 2.31. The van der Waals surface area contributed by atoms with Crippen LogP contribution in [0.4, 0.5) is 10.1 Å². The van der Waals surface area contributed by atoms with E-state index in [-0.39, 0.29) is 11.6 Å². The van der Waals surface area contributed by atoms with Crippen LogP contribution in [0.2, 0.25) is 0 Å². The largest absolute Gasteiger partial charge is 0.309 e. The first kappa shape index (κ1) is 12.3. The van der Waals surface area contributed by atoms with Gasteiger partial charge in [-0.15, -0.1) is 0 Å². The number of hydrogen-bond acceptors (Lipinski definition) is 2. The van der Waals surface area contributed by atoms with Crippen molar-refractivity contribution in [3.05, 3.63) is 50.9 Å². The van der Waals surface area contributed by atoms with Crippen molar-refractivity contribution in [3.8, 4) is 0 Å². The third-order valence-electron chi connectivity index (χ3n) is 2.34. The molecule has 17 heavy (non-hydrogen) atoms. The van der Waals surface area contributed by atoms with Crippen molar-refractivity contribution >= 4 is 38.9 Å². The maximum absolute atomic E-state index is 13.7. The third-order valence-corrected chi connectivity index (χ3v) is 3.52. The number of carbonyl (C=O) groups is 1. The number of rotatable bonds is 2. The highest BCUT2D eigenvalue weighted by molar-refractivity contribution is 9.10. The second-order valence-corrected chi connectivity index (χ2v) is 5.17. The molecule has 1 aromatic heterocycles. The molecule has 0 bridgehead atoms. The summed E-state index contributed by atoms with van der Waals surface area (Å²) in [5.41, 5.74) is 0.837. The quantitative estimate of drug-likeness (QED) is 0.822. The van der Waals surface area contributed by atoms with E-state index in [4.69, 9.17) is 0 Å². The van der Waals surface area contributed by atoms with E-state index < -0.39 is 5.82 Å². The molecule has 0 aliphatic rings. The molecular weight excluding hydrogens is 305 g/mol. The topological polar surface area (TPSA) is 20.3 Å². The monoisotopic (exact) mass is 313 g/mol. The number of anilines is 1. The highest BCUT2D eigenvalue weighted by Gasteiger charge is 2.16. The summed E-state index contributed by atoms with van der Waals surface area (Å²) >= 11 is 4.62. The third kappa shape index (κ3) is 2.56. The van der Waals surface area contributed by atoms with Gasteiger partial charge in [0.15, 0.2) is 0 Å². The van der Waals surface area contributed by atoms with Crippen LogP contribution in [0.3, 0.4) is 0 Å². The summed E-state index contributed by atoms with van der Waals surface area (Å²) in [6.45, 7) is 0. The average Bonchev–Trinajstić information content (AvgIpc) is 2.80. The molecule has 0 aliphatic carbocycles. The minimum absolute atomic E-state index is 0.215. The minimum Gasteiger partial charge on any atom is -0.309 e. The maximum atomic E-state index is 13.7. The maximum Gasteiger partial charge on any atom is 0.258 e. The highest BCUT2D eigenvalue weighted by Crippen LogP contribution is 2.23. The standard InChI is InChI=1S/C12H9BrFNOS/c1-15(12(16)8-4-5-17-7-8)11-3-2-9(13)6-10(11)14/h2-7H,1H3. The number of halogens is 2. The Labute approximate surface area is 111 Å². The van der Waals surface area contributed by atoms with Gasteiger partial charge in [0.2, 0.25) is 0 Å². The zero-order valence-electron chi connectivity index (χ0n) is 8.98. The molecule has 2 nitrogen and oxygen atoms in total. The summed E-state index contributed by atoms with van der Waals surface area (Å²) in [6, 6.07) is 6.34. The van der Waals surface area contributed by atoms with Gasteiger partial charge in [-0.25, -0.2) is 4.39 Å². The molecule has 0 N–H and O–H groups in total. The van der Waals surface area contributed by atoms with Crippen molar-refractivity contribution in [1.29, 1.82) is 0 Å². The molecule has 0 saturated heterocycles. The van der Waals surface area contributed by atoms with Crippen molar-refractivity contribution in [3.63, 3.8) is 0 Å². The van der Waals surface area contributed by atoms with E-state index in [0.717, 1.165) is 0 Å². The molecular formula is C12H9BrFNOS. The van der Waals surface area contributed by atoms with E-state index in [1.54, 1.807) is 30.6 Å². The van der Waals surface area contributed by atoms with Gasteiger partial charge < -0.3 is 4.90 Å². The van der Waals surface area contributed by atoms with Crippen LogP contribution in [0, 0.1) is 5.82 Å². The van der Waals surface area contributed by atoms with Gasteiger partial charge in [-0.05, 0) is 29.6 Å². The smallest absolute Gasteiger partial charge is 0.258 e. The van der Waals surface area contributed by atoms with Gasteiger partial charge in [-0.3, -0.25) is 4.79 Å². The van der Waals surface area contributed by atoms with Gasteiger partial charge in [0, 0.05) is 16.9 Å².